The number of benzene rings is 1. The molecule has 0 aromatic heterocycles. The number of ether oxygens (including phenoxy) is 1. The topological polar surface area (TPSA) is 83.8 Å². The predicted octanol–water partition coefficient (Wildman–Crippen LogP) is -0.622. The van der Waals surface area contributed by atoms with E-state index in [2.05, 4.69) is 0 Å². The zero-order valence-corrected chi connectivity index (χ0v) is 13.6. The largest absolute Gasteiger partial charge is 1.00 e. The first-order valence-electron chi connectivity index (χ1n) is 5.29. The van der Waals surface area contributed by atoms with Crippen LogP contribution in [0.2, 0.25) is 0 Å². The van der Waals surface area contributed by atoms with Crippen molar-refractivity contribution in [2.24, 2.45) is 0 Å². The van der Waals surface area contributed by atoms with E-state index in [-0.39, 0.29) is 69.7 Å². The Morgan fingerprint density at radius 2 is 1.67 bits per heavy atom. The maximum Gasteiger partial charge on any atom is 1.00 e. The first-order valence-corrected chi connectivity index (χ1v) is 5.29. The van der Waals surface area contributed by atoms with Crippen molar-refractivity contribution in [2.75, 3.05) is 6.61 Å². The first-order chi connectivity index (χ1) is 8.04. The number of hydrogen-bond acceptors (Lipinski definition) is 3. The van der Waals surface area contributed by atoms with Crippen LogP contribution in [-0.2, 0) is 0 Å². The fourth-order valence-corrected chi connectivity index (χ4v) is 1.26. The zero-order chi connectivity index (χ0) is 12.8. The van der Waals surface area contributed by atoms with E-state index in [0.717, 1.165) is 18.9 Å². The second-order valence-electron chi connectivity index (χ2n) is 3.56. The number of rotatable bonds is 6. The van der Waals surface area contributed by atoms with Crippen molar-refractivity contribution in [2.45, 2.75) is 19.8 Å². The fraction of sp³-hybridized carbons (Fsp3) is 0.333. The molecule has 0 unspecified atom stereocenters. The van der Waals surface area contributed by atoms with Crippen LogP contribution in [0.4, 0.5) is 0 Å². The second-order valence-corrected chi connectivity index (χ2v) is 3.56. The van der Waals surface area contributed by atoms with Gasteiger partial charge in [-0.3, -0.25) is 0 Å². The minimum absolute atomic E-state index is 0. The summed E-state index contributed by atoms with van der Waals surface area (Å²) < 4.78 is 5.30. The Bertz CT molecular complexity index is 404. The first kappa shape index (κ1) is 17.6. The SMILES string of the molecule is CCCCOc1cc(C(=O)O)cc(C(=O)O)c1.[H-].[K+]. The van der Waals surface area contributed by atoms with E-state index < -0.39 is 11.9 Å². The molecule has 0 atom stereocenters. The minimum atomic E-state index is -1.17. The normalized spacial score (nSPS) is 9.39. The summed E-state index contributed by atoms with van der Waals surface area (Å²) in [4.78, 5) is 21.6. The van der Waals surface area contributed by atoms with Gasteiger partial charge in [-0.25, -0.2) is 9.59 Å². The molecule has 0 heterocycles. The molecule has 1 rings (SSSR count). The molecule has 0 spiro atoms. The molecule has 0 bridgehead atoms. The van der Waals surface area contributed by atoms with Gasteiger partial charge in [0.1, 0.15) is 5.75 Å². The molecule has 0 aliphatic carbocycles. The Labute approximate surface area is 149 Å². The number of carbonyl (C=O) groups is 2. The molecule has 2 N–H and O–H groups in total. The van der Waals surface area contributed by atoms with Gasteiger partial charge in [-0.05, 0) is 24.6 Å². The Hall–Kier alpha value is -0.404. The average Bonchev–Trinajstić information content (AvgIpc) is 2.29. The third-order valence-electron chi connectivity index (χ3n) is 2.17. The summed E-state index contributed by atoms with van der Waals surface area (Å²) in [5, 5.41) is 17.7. The molecule has 94 valence electrons. The van der Waals surface area contributed by atoms with Crippen LogP contribution in [0.5, 0.6) is 5.75 Å². The van der Waals surface area contributed by atoms with E-state index in [4.69, 9.17) is 14.9 Å². The summed E-state index contributed by atoms with van der Waals surface area (Å²) in [7, 11) is 0. The van der Waals surface area contributed by atoms with Crippen LogP contribution in [0.25, 0.3) is 0 Å². The van der Waals surface area contributed by atoms with Gasteiger partial charge >= 0.3 is 63.3 Å². The molecular formula is C12H15KO5. The smallest absolute Gasteiger partial charge is 1.00 e. The average molecular weight is 278 g/mol. The van der Waals surface area contributed by atoms with Crippen molar-refractivity contribution < 1.29 is 77.4 Å². The van der Waals surface area contributed by atoms with Gasteiger partial charge < -0.3 is 16.4 Å². The number of hydrogen-bond donors (Lipinski definition) is 2. The number of unbranched alkanes of at least 4 members (excludes halogenated alkanes) is 1. The van der Waals surface area contributed by atoms with Gasteiger partial charge in [-0.15, -0.1) is 0 Å². The van der Waals surface area contributed by atoms with E-state index in [1.807, 2.05) is 6.92 Å². The van der Waals surface area contributed by atoms with Crippen LogP contribution in [-0.4, -0.2) is 28.8 Å². The maximum atomic E-state index is 10.8. The summed E-state index contributed by atoms with van der Waals surface area (Å²) >= 11 is 0. The zero-order valence-electron chi connectivity index (χ0n) is 11.5. The van der Waals surface area contributed by atoms with Crippen molar-refractivity contribution in [3.63, 3.8) is 0 Å². The molecule has 0 fully saturated rings. The summed E-state index contributed by atoms with van der Waals surface area (Å²) in [6.07, 6.45) is 1.78. The fourth-order valence-electron chi connectivity index (χ4n) is 1.26. The van der Waals surface area contributed by atoms with Crippen molar-refractivity contribution in [1.82, 2.24) is 0 Å². The van der Waals surface area contributed by atoms with Gasteiger partial charge in [0.05, 0.1) is 17.7 Å². The molecule has 0 radical (unpaired) electrons. The van der Waals surface area contributed by atoms with Gasteiger partial charge in [0.15, 0.2) is 0 Å². The van der Waals surface area contributed by atoms with Gasteiger partial charge in [0.25, 0.3) is 0 Å². The standard InChI is InChI=1S/C12H14O5.K.H/c1-2-3-4-17-10-6-8(11(13)14)5-9(7-10)12(15)16;;/h5-7H,2-4H2,1H3,(H,13,14)(H,15,16);;/q;+1;-1. The Morgan fingerprint density at radius 1 is 1.17 bits per heavy atom. The van der Waals surface area contributed by atoms with Crippen LogP contribution in [0, 0.1) is 0 Å². The van der Waals surface area contributed by atoms with E-state index >= 15 is 0 Å². The Balaban J connectivity index is 0. The third-order valence-corrected chi connectivity index (χ3v) is 2.17. The third kappa shape index (κ3) is 5.49. The van der Waals surface area contributed by atoms with E-state index in [0.29, 0.717) is 6.61 Å². The predicted molar refractivity (Wildman–Crippen MR) is 61.9 cm³/mol. The van der Waals surface area contributed by atoms with Gasteiger partial charge in [-0.2, -0.15) is 0 Å². The molecule has 0 aliphatic rings. The number of carboxylic acid groups (broad SMARTS) is 2. The molecule has 0 aliphatic heterocycles. The molecule has 0 saturated carbocycles. The van der Waals surface area contributed by atoms with Crippen LogP contribution in [0.1, 0.15) is 41.9 Å². The summed E-state index contributed by atoms with van der Waals surface area (Å²) in [6.45, 7) is 2.44. The second kappa shape index (κ2) is 8.66. The van der Waals surface area contributed by atoms with Crippen molar-refractivity contribution in [1.29, 1.82) is 0 Å². The molecule has 18 heavy (non-hydrogen) atoms. The summed E-state index contributed by atoms with van der Waals surface area (Å²) in [6, 6.07) is 3.76. The minimum Gasteiger partial charge on any atom is -1.00 e. The van der Waals surface area contributed by atoms with Crippen LogP contribution in [0.15, 0.2) is 18.2 Å². The molecule has 1 aromatic rings. The molecule has 0 saturated heterocycles. The van der Waals surface area contributed by atoms with E-state index in [1.54, 1.807) is 0 Å². The van der Waals surface area contributed by atoms with Crippen LogP contribution >= 0.6 is 0 Å². The molecular weight excluding hydrogens is 263 g/mol. The van der Waals surface area contributed by atoms with Crippen molar-refractivity contribution >= 4 is 11.9 Å². The van der Waals surface area contributed by atoms with Crippen LogP contribution < -0.4 is 56.1 Å². The van der Waals surface area contributed by atoms with Gasteiger partial charge in [-0.1, -0.05) is 13.3 Å². The van der Waals surface area contributed by atoms with Gasteiger partial charge in [0.2, 0.25) is 0 Å². The monoisotopic (exact) mass is 278 g/mol. The quantitative estimate of drug-likeness (QED) is 0.535. The van der Waals surface area contributed by atoms with Gasteiger partial charge in [0, 0.05) is 0 Å². The number of aromatic carboxylic acids is 2. The van der Waals surface area contributed by atoms with E-state index in [1.165, 1.54) is 12.1 Å². The van der Waals surface area contributed by atoms with Crippen molar-refractivity contribution in [3.8, 4) is 5.75 Å². The van der Waals surface area contributed by atoms with E-state index in [9.17, 15) is 9.59 Å². The van der Waals surface area contributed by atoms with Crippen molar-refractivity contribution in [3.05, 3.63) is 29.3 Å². The molecule has 6 heteroatoms. The summed E-state index contributed by atoms with van der Waals surface area (Å²) in [5.41, 5.74) is -0.173. The maximum absolute atomic E-state index is 10.8. The Morgan fingerprint density at radius 3 is 2.06 bits per heavy atom. The molecule has 0 amide bonds. The molecule has 5 nitrogen and oxygen atoms in total. The summed E-state index contributed by atoms with van der Waals surface area (Å²) in [5.74, 6) is -2.07. The molecule has 1 aromatic carbocycles. The Kier molecular flexibility index (Phi) is 8.46. The number of carboxylic acids is 2. The van der Waals surface area contributed by atoms with Crippen LogP contribution in [0.3, 0.4) is 0 Å².